The first-order valence-corrected chi connectivity index (χ1v) is 7.89. The minimum Gasteiger partial charge on any atom is -0.494 e. The highest BCUT2D eigenvalue weighted by molar-refractivity contribution is 6.30. The molecule has 0 aliphatic carbocycles. The molecule has 0 saturated heterocycles. The molecular weight excluding hydrogens is 319 g/mol. The molecule has 5 heteroatoms. The minimum atomic E-state index is -0.548. The first-order chi connectivity index (χ1) is 12.1. The van der Waals surface area contributed by atoms with E-state index in [4.69, 9.17) is 0 Å². The van der Waals surface area contributed by atoms with Gasteiger partial charge in [0.2, 0.25) is 0 Å². The number of alkyl halides is 1. The first-order valence-electron chi connectivity index (χ1n) is 7.89. The molecule has 4 nitrogen and oxygen atoms in total. The number of carbonyl (C=O) groups is 1. The summed E-state index contributed by atoms with van der Waals surface area (Å²) in [4.78, 5) is 19.5. The van der Waals surface area contributed by atoms with Crippen LogP contribution in [0.3, 0.4) is 0 Å². The molecule has 0 atom stereocenters. The van der Waals surface area contributed by atoms with Crippen LogP contribution in [-0.2, 0) is 6.67 Å². The zero-order valence-corrected chi connectivity index (χ0v) is 13.5. The predicted octanol–water partition coefficient (Wildman–Crippen LogP) is 4.16. The van der Waals surface area contributed by atoms with Crippen molar-refractivity contribution in [1.29, 1.82) is 0 Å². The van der Waals surface area contributed by atoms with Crippen molar-refractivity contribution < 1.29 is 14.3 Å². The van der Waals surface area contributed by atoms with Crippen LogP contribution < -0.4 is 0 Å². The van der Waals surface area contributed by atoms with Gasteiger partial charge in [0, 0.05) is 5.56 Å². The number of hydrogen-bond donors (Lipinski definition) is 2. The van der Waals surface area contributed by atoms with E-state index in [1.807, 2.05) is 31.2 Å². The quantitative estimate of drug-likeness (QED) is 0.755. The monoisotopic (exact) mass is 334 g/mol. The standard InChI is InChI=1S/C20H15FN2O2/c1-11-2-6-13(7-3-11)17-15-16(20(25)22-17)18(23-19(15)24)14-8-4-12(10-21)5-9-14/h2-9,23-24H,10H2,1H3. The van der Waals surface area contributed by atoms with E-state index in [1.165, 1.54) is 0 Å². The summed E-state index contributed by atoms with van der Waals surface area (Å²) in [7, 11) is 0. The Morgan fingerprint density at radius 2 is 1.64 bits per heavy atom. The number of aromatic hydroxyl groups is 1. The van der Waals surface area contributed by atoms with Gasteiger partial charge in [-0.05, 0) is 18.1 Å². The van der Waals surface area contributed by atoms with E-state index < -0.39 is 12.6 Å². The van der Waals surface area contributed by atoms with E-state index in [1.54, 1.807) is 24.3 Å². The molecule has 0 bridgehead atoms. The highest BCUT2D eigenvalue weighted by Crippen LogP contribution is 2.38. The molecule has 2 N–H and O–H groups in total. The number of aliphatic imine (C=N–C) groups is 1. The van der Waals surface area contributed by atoms with Crippen LogP contribution in [0.25, 0.3) is 11.3 Å². The third-order valence-corrected chi connectivity index (χ3v) is 4.37. The van der Waals surface area contributed by atoms with Gasteiger partial charge < -0.3 is 10.1 Å². The Morgan fingerprint density at radius 3 is 2.28 bits per heavy atom. The van der Waals surface area contributed by atoms with Gasteiger partial charge in [-0.2, -0.15) is 0 Å². The Kier molecular flexibility index (Phi) is 3.50. The van der Waals surface area contributed by atoms with E-state index in [0.717, 1.165) is 11.1 Å². The second kappa shape index (κ2) is 5.70. The minimum absolute atomic E-state index is 0.0928. The molecule has 0 unspecified atom stereocenters. The average molecular weight is 334 g/mol. The van der Waals surface area contributed by atoms with Crippen LogP contribution in [0, 0.1) is 6.92 Å². The van der Waals surface area contributed by atoms with Gasteiger partial charge in [-0.1, -0.05) is 54.1 Å². The number of H-pyrrole nitrogens is 1. The number of aromatic nitrogens is 1. The molecule has 1 aliphatic rings. The summed E-state index contributed by atoms with van der Waals surface area (Å²) in [5, 5.41) is 10.4. The van der Waals surface area contributed by atoms with E-state index >= 15 is 0 Å². The van der Waals surface area contributed by atoms with Crippen molar-refractivity contribution in [3.05, 3.63) is 76.3 Å². The zero-order chi connectivity index (χ0) is 17.6. The maximum absolute atomic E-state index is 12.7. The Morgan fingerprint density at radius 1 is 1.00 bits per heavy atom. The van der Waals surface area contributed by atoms with Crippen molar-refractivity contribution in [2.24, 2.45) is 4.99 Å². The lowest BCUT2D eigenvalue weighted by Crippen LogP contribution is -1.99. The SMILES string of the molecule is Cc1ccc(C2=NC(=O)c3c(-c4ccc(CF)cc4)[nH]c(O)c32)cc1. The number of fused-ring (bicyclic) bond motifs is 1. The number of aryl methyl sites for hydroxylation is 1. The second-order valence-electron chi connectivity index (χ2n) is 6.06. The second-order valence-corrected chi connectivity index (χ2v) is 6.06. The van der Waals surface area contributed by atoms with Crippen LogP contribution in [-0.4, -0.2) is 21.7 Å². The normalized spacial score (nSPS) is 13.0. The van der Waals surface area contributed by atoms with Crippen LogP contribution in [0.4, 0.5) is 4.39 Å². The number of amides is 1. The van der Waals surface area contributed by atoms with Crippen molar-refractivity contribution in [3.63, 3.8) is 0 Å². The van der Waals surface area contributed by atoms with Crippen molar-refractivity contribution in [2.45, 2.75) is 13.6 Å². The molecule has 3 aromatic rings. The van der Waals surface area contributed by atoms with Gasteiger partial charge in [-0.3, -0.25) is 4.79 Å². The van der Waals surface area contributed by atoms with Crippen LogP contribution in [0.5, 0.6) is 5.88 Å². The van der Waals surface area contributed by atoms with Gasteiger partial charge in [-0.15, -0.1) is 0 Å². The molecule has 0 fully saturated rings. The molecule has 124 valence electrons. The van der Waals surface area contributed by atoms with Crippen molar-refractivity contribution in [2.75, 3.05) is 0 Å². The van der Waals surface area contributed by atoms with E-state index in [2.05, 4.69) is 9.98 Å². The summed E-state index contributed by atoms with van der Waals surface area (Å²) in [6.07, 6.45) is 0. The van der Waals surface area contributed by atoms with Crippen LogP contribution in [0.1, 0.15) is 32.6 Å². The Hall–Kier alpha value is -3.21. The van der Waals surface area contributed by atoms with Gasteiger partial charge in [0.1, 0.15) is 6.67 Å². The maximum Gasteiger partial charge on any atom is 0.280 e. The van der Waals surface area contributed by atoms with Crippen LogP contribution >= 0.6 is 0 Å². The third kappa shape index (κ3) is 2.45. The third-order valence-electron chi connectivity index (χ3n) is 4.37. The summed E-state index contributed by atoms with van der Waals surface area (Å²) < 4.78 is 12.7. The largest absolute Gasteiger partial charge is 0.494 e. The van der Waals surface area contributed by atoms with Crippen LogP contribution in [0.15, 0.2) is 53.5 Å². The fourth-order valence-electron chi connectivity index (χ4n) is 3.04. The summed E-state index contributed by atoms with van der Waals surface area (Å²) >= 11 is 0. The number of rotatable bonds is 3. The van der Waals surface area contributed by atoms with Gasteiger partial charge >= 0.3 is 0 Å². The molecule has 0 spiro atoms. The number of nitrogens with zero attached hydrogens (tertiary/aromatic N) is 1. The zero-order valence-electron chi connectivity index (χ0n) is 13.5. The van der Waals surface area contributed by atoms with E-state index in [9.17, 15) is 14.3 Å². The van der Waals surface area contributed by atoms with Crippen molar-refractivity contribution in [1.82, 2.24) is 4.98 Å². The maximum atomic E-state index is 12.7. The molecule has 1 amide bonds. The number of hydrogen-bond acceptors (Lipinski definition) is 2. The fraction of sp³-hybridized carbons (Fsp3) is 0.100. The highest BCUT2D eigenvalue weighted by atomic mass is 19.1. The Labute approximate surface area is 143 Å². The molecule has 4 rings (SSSR count). The average Bonchev–Trinajstić information content (AvgIpc) is 3.15. The molecule has 25 heavy (non-hydrogen) atoms. The lowest BCUT2D eigenvalue weighted by Gasteiger charge is -2.01. The lowest BCUT2D eigenvalue weighted by molar-refractivity contribution is 0.101. The molecule has 1 aromatic heterocycles. The number of halogens is 1. The Balaban J connectivity index is 1.83. The molecule has 2 heterocycles. The molecular formula is C20H15FN2O2. The molecule has 0 saturated carbocycles. The van der Waals surface area contributed by atoms with Gasteiger partial charge in [0.05, 0.1) is 22.5 Å². The van der Waals surface area contributed by atoms with Gasteiger partial charge in [0.15, 0.2) is 5.88 Å². The fourth-order valence-corrected chi connectivity index (χ4v) is 3.04. The summed E-state index contributed by atoms with van der Waals surface area (Å²) in [5.74, 6) is -0.489. The Bertz CT molecular complexity index is 999. The molecule has 1 aliphatic heterocycles. The van der Waals surface area contributed by atoms with E-state index in [0.29, 0.717) is 33.7 Å². The number of nitrogens with one attached hydrogen (secondary N) is 1. The highest BCUT2D eigenvalue weighted by Gasteiger charge is 2.33. The first kappa shape index (κ1) is 15.3. The van der Waals surface area contributed by atoms with Gasteiger partial charge in [-0.25, -0.2) is 9.38 Å². The lowest BCUT2D eigenvalue weighted by atomic mass is 9.99. The summed E-state index contributed by atoms with van der Waals surface area (Å²) in [5.41, 5.74) is 4.84. The van der Waals surface area contributed by atoms with Crippen molar-refractivity contribution in [3.8, 4) is 17.1 Å². The molecule has 0 radical (unpaired) electrons. The van der Waals surface area contributed by atoms with Crippen molar-refractivity contribution >= 4 is 11.6 Å². The number of carbonyl (C=O) groups excluding carboxylic acids is 1. The smallest absolute Gasteiger partial charge is 0.280 e. The van der Waals surface area contributed by atoms with Gasteiger partial charge in [0.25, 0.3) is 5.91 Å². The van der Waals surface area contributed by atoms with E-state index in [-0.39, 0.29) is 5.88 Å². The van der Waals surface area contributed by atoms with Crippen LogP contribution in [0.2, 0.25) is 0 Å². The molecule has 2 aromatic carbocycles. The summed E-state index contributed by atoms with van der Waals surface area (Å²) in [6, 6.07) is 14.4. The topological polar surface area (TPSA) is 65.5 Å². The number of benzene rings is 2. The number of aromatic amines is 1. The predicted molar refractivity (Wildman–Crippen MR) is 93.9 cm³/mol. The summed E-state index contributed by atoms with van der Waals surface area (Å²) in [6.45, 7) is 1.43.